The van der Waals surface area contributed by atoms with E-state index in [1.54, 1.807) is 18.1 Å². The van der Waals surface area contributed by atoms with Crippen LogP contribution in [0.5, 0.6) is 11.5 Å². The predicted molar refractivity (Wildman–Crippen MR) is 136 cm³/mol. The number of ether oxygens (including phenoxy) is 1. The van der Waals surface area contributed by atoms with Gasteiger partial charge in [-0.15, -0.1) is 0 Å². The second-order valence-corrected chi connectivity index (χ2v) is 8.88. The third-order valence-corrected chi connectivity index (χ3v) is 6.52. The van der Waals surface area contributed by atoms with Crippen molar-refractivity contribution in [3.63, 3.8) is 0 Å². The molecule has 2 N–H and O–H groups in total. The fraction of sp³-hybridized carbons (Fsp3) is 0.296. The van der Waals surface area contributed by atoms with Crippen molar-refractivity contribution < 1.29 is 9.53 Å². The Morgan fingerprint density at radius 1 is 1.11 bits per heavy atom. The Hall–Kier alpha value is -3.75. The molecule has 0 bridgehead atoms. The largest absolute Gasteiger partial charge is 0.457 e. The highest BCUT2D eigenvalue weighted by atomic mass is 16.5. The number of rotatable bonds is 8. The lowest BCUT2D eigenvalue weighted by atomic mass is 10.0. The van der Waals surface area contributed by atoms with Crippen LogP contribution in [0.15, 0.2) is 79.4 Å². The van der Waals surface area contributed by atoms with Crippen LogP contribution < -0.4 is 15.5 Å². The van der Waals surface area contributed by atoms with Crippen LogP contribution in [0.4, 0.5) is 0 Å². The minimum absolute atomic E-state index is 0.0233. The van der Waals surface area contributed by atoms with Gasteiger partial charge in [-0.05, 0) is 48.7 Å². The van der Waals surface area contributed by atoms with Gasteiger partial charge >= 0.3 is 0 Å². The summed E-state index contributed by atoms with van der Waals surface area (Å²) < 4.78 is 7.75. The number of nitrogens with zero attached hydrogens (tertiary/aromatic N) is 5. The molecule has 5 rings (SSSR count). The molecule has 2 aromatic heterocycles. The molecular formula is C27H30N6O2. The van der Waals surface area contributed by atoms with Crippen LogP contribution in [-0.4, -0.2) is 51.1 Å². The minimum Gasteiger partial charge on any atom is -0.457 e. The van der Waals surface area contributed by atoms with Crippen LogP contribution in [-0.2, 0) is 4.79 Å². The quantitative estimate of drug-likeness (QED) is 0.421. The molecule has 2 atom stereocenters. The SMILES string of the molecule is CC(=O)N(CCCN1CCC(N)C1c1ccc(Oc2ccccc2)cc1)n1ccc2cncnc21. The number of fused-ring (bicyclic) bond motifs is 1. The number of hydrogen-bond donors (Lipinski definition) is 1. The summed E-state index contributed by atoms with van der Waals surface area (Å²) in [5.74, 6) is 1.60. The van der Waals surface area contributed by atoms with Crippen molar-refractivity contribution in [1.29, 1.82) is 0 Å². The smallest absolute Gasteiger partial charge is 0.238 e. The summed E-state index contributed by atoms with van der Waals surface area (Å²) in [6.45, 7) is 3.96. The molecule has 1 amide bonds. The number of hydrogen-bond acceptors (Lipinski definition) is 6. The van der Waals surface area contributed by atoms with Gasteiger partial charge in [0, 0.05) is 56.4 Å². The topological polar surface area (TPSA) is 89.5 Å². The first-order valence-corrected chi connectivity index (χ1v) is 12.0. The van der Waals surface area contributed by atoms with Crippen LogP contribution >= 0.6 is 0 Å². The second kappa shape index (κ2) is 10.2. The summed E-state index contributed by atoms with van der Waals surface area (Å²) in [6, 6.07) is 20.1. The van der Waals surface area contributed by atoms with Crippen molar-refractivity contribution >= 4 is 16.9 Å². The first-order chi connectivity index (χ1) is 17.1. The minimum atomic E-state index is -0.0233. The van der Waals surface area contributed by atoms with Gasteiger partial charge in [0.1, 0.15) is 17.8 Å². The molecule has 2 unspecified atom stereocenters. The average Bonchev–Trinajstić information content (AvgIpc) is 3.46. The van der Waals surface area contributed by atoms with E-state index in [1.165, 1.54) is 11.9 Å². The lowest BCUT2D eigenvalue weighted by Gasteiger charge is -2.29. The summed E-state index contributed by atoms with van der Waals surface area (Å²) in [5.41, 5.74) is 8.44. The summed E-state index contributed by atoms with van der Waals surface area (Å²) in [4.78, 5) is 23.3. The highest BCUT2D eigenvalue weighted by Crippen LogP contribution is 2.33. The molecule has 8 nitrogen and oxygen atoms in total. The van der Waals surface area contributed by atoms with E-state index in [2.05, 4.69) is 27.0 Å². The Bertz CT molecular complexity index is 1270. The van der Waals surface area contributed by atoms with Crippen molar-refractivity contribution in [2.45, 2.75) is 31.8 Å². The van der Waals surface area contributed by atoms with Gasteiger partial charge in [-0.3, -0.25) is 9.69 Å². The molecule has 0 saturated carbocycles. The number of benzene rings is 2. The van der Waals surface area contributed by atoms with Gasteiger partial charge in [-0.1, -0.05) is 30.3 Å². The Morgan fingerprint density at radius 3 is 2.66 bits per heavy atom. The summed E-state index contributed by atoms with van der Waals surface area (Å²) in [6.07, 6.45) is 6.90. The molecule has 35 heavy (non-hydrogen) atoms. The average molecular weight is 471 g/mol. The van der Waals surface area contributed by atoms with Crippen molar-refractivity contribution in [3.8, 4) is 11.5 Å². The standard InChI is InChI=1S/C27H30N6O2/c1-20(34)32(33-17-12-22-18-29-19-30-27(22)33)15-5-14-31-16-13-25(28)26(31)21-8-10-24(11-9-21)35-23-6-3-2-4-7-23/h2-4,6-12,17-19,25-26H,5,13-16,28H2,1H3. The van der Waals surface area contributed by atoms with E-state index in [0.29, 0.717) is 6.54 Å². The predicted octanol–water partition coefficient (Wildman–Crippen LogP) is 3.87. The Morgan fingerprint density at radius 2 is 1.89 bits per heavy atom. The molecule has 4 aromatic rings. The van der Waals surface area contributed by atoms with E-state index in [0.717, 1.165) is 48.5 Å². The Labute approximate surface area is 204 Å². The molecule has 1 aliphatic rings. The third-order valence-electron chi connectivity index (χ3n) is 6.52. The second-order valence-electron chi connectivity index (χ2n) is 8.88. The van der Waals surface area contributed by atoms with E-state index in [4.69, 9.17) is 10.5 Å². The number of amides is 1. The molecule has 0 aliphatic carbocycles. The van der Waals surface area contributed by atoms with Crippen LogP contribution in [0, 0.1) is 0 Å². The first kappa shape index (κ1) is 23.0. The van der Waals surface area contributed by atoms with Gasteiger partial charge in [-0.2, -0.15) is 0 Å². The number of nitrogens with two attached hydrogens (primary N) is 1. The number of para-hydroxylation sites is 1. The fourth-order valence-electron chi connectivity index (χ4n) is 4.85. The lowest BCUT2D eigenvalue weighted by Crippen LogP contribution is -2.41. The van der Waals surface area contributed by atoms with Crippen LogP contribution in [0.2, 0.25) is 0 Å². The maximum Gasteiger partial charge on any atom is 0.238 e. The highest BCUT2D eigenvalue weighted by Gasteiger charge is 2.32. The zero-order chi connectivity index (χ0) is 24.2. The van der Waals surface area contributed by atoms with E-state index in [1.807, 2.05) is 59.4 Å². The van der Waals surface area contributed by atoms with Crippen LogP contribution in [0.1, 0.15) is 31.4 Å². The van der Waals surface area contributed by atoms with Crippen molar-refractivity contribution in [2.75, 3.05) is 24.6 Å². The molecule has 1 saturated heterocycles. The van der Waals surface area contributed by atoms with E-state index in [-0.39, 0.29) is 18.0 Å². The zero-order valence-electron chi connectivity index (χ0n) is 19.8. The van der Waals surface area contributed by atoms with Crippen LogP contribution in [0.3, 0.4) is 0 Å². The van der Waals surface area contributed by atoms with E-state index >= 15 is 0 Å². The van der Waals surface area contributed by atoms with Crippen molar-refractivity contribution in [3.05, 3.63) is 84.9 Å². The summed E-state index contributed by atoms with van der Waals surface area (Å²) in [7, 11) is 0. The summed E-state index contributed by atoms with van der Waals surface area (Å²) >= 11 is 0. The maximum atomic E-state index is 12.4. The number of likely N-dealkylation sites (tertiary alicyclic amines) is 1. The third kappa shape index (κ3) is 5.03. The molecule has 2 aromatic carbocycles. The zero-order valence-corrected chi connectivity index (χ0v) is 19.8. The Kier molecular flexibility index (Phi) is 6.74. The molecule has 8 heteroatoms. The number of aromatic nitrogens is 3. The normalized spacial score (nSPS) is 18.1. The molecule has 1 aliphatic heterocycles. The molecular weight excluding hydrogens is 440 g/mol. The van der Waals surface area contributed by atoms with Gasteiger partial charge in [-0.25, -0.2) is 19.7 Å². The monoisotopic (exact) mass is 470 g/mol. The van der Waals surface area contributed by atoms with Gasteiger partial charge in [0.05, 0.1) is 0 Å². The van der Waals surface area contributed by atoms with Crippen LogP contribution in [0.25, 0.3) is 11.0 Å². The first-order valence-electron chi connectivity index (χ1n) is 12.0. The molecule has 0 spiro atoms. The van der Waals surface area contributed by atoms with Gasteiger partial charge < -0.3 is 10.5 Å². The maximum absolute atomic E-state index is 12.4. The van der Waals surface area contributed by atoms with Crippen molar-refractivity contribution in [2.24, 2.45) is 5.73 Å². The molecule has 1 fully saturated rings. The number of carbonyl (C=O) groups is 1. The van der Waals surface area contributed by atoms with Gasteiger partial charge in [0.15, 0.2) is 5.65 Å². The van der Waals surface area contributed by atoms with E-state index in [9.17, 15) is 4.79 Å². The van der Waals surface area contributed by atoms with Gasteiger partial charge in [0.25, 0.3) is 0 Å². The fourth-order valence-corrected chi connectivity index (χ4v) is 4.85. The van der Waals surface area contributed by atoms with Gasteiger partial charge in [0.2, 0.25) is 5.91 Å². The van der Waals surface area contributed by atoms with E-state index < -0.39 is 0 Å². The highest BCUT2D eigenvalue weighted by molar-refractivity contribution is 5.86. The summed E-state index contributed by atoms with van der Waals surface area (Å²) in [5, 5.41) is 2.64. The molecule has 0 radical (unpaired) electrons. The number of carbonyl (C=O) groups excluding carboxylic acids is 1. The lowest BCUT2D eigenvalue weighted by molar-refractivity contribution is -0.118. The Balaban J connectivity index is 1.24. The van der Waals surface area contributed by atoms with Crippen molar-refractivity contribution in [1.82, 2.24) is 19.5 Å². The molecule has 3 heterocycles. The molecule has 180 valence electrons.